The Kier molecular flexibility index (Phi) is 2.61. The van der Waals surface area contributed by atoms with Crippen molar-refractivity contribution in [1.82, 2.24) is 0 Å². The molecule has 2 aliphatic rings. The molecule has 0 aromatic rings. The summed E-state index contributed by atoms with van der Waals surface area (Å²) in [4.78, 5) is 0. The predicted molar refractivity (Wildman–Crippen MR) is 51.2 cm³/mol. The Bertz CT molecular complexity index is 181. The Morgan fingerprint density at radius 1 is 1.00 bits per heavy atom. The molecule has 2 aliphatic carbocycles. The van der Waals surface area contributed by atoms with Crippen LogP contribution in [-0.4, -0.2) is 22.4 Å². The molecule has 0 radical (unpaired) electrons. The molecule has 2 fully saturated rings. The molecule has 13 heavy (non-hydrogen) atoms. The van der Waals surface area contributed by atoms with Gasteiger partial charge in [0, 0.05) is 5.92 Å². The van der Waals surface area contributed by atoms with E-state index >= 15 is 0 Å². The third-order valence-corrected chi connectivity index (χ3v) is 4.03. The lowest BCUT2D eigenvalue weighted by Crippen LogP contribution is -2.34. The molecule has 0 bridgehead atoms. The highest BCUT2D eigenvalue weighted by Crippen LogP contribution is 2.42. The van der Waals surface area contributed by atoms with E-state index < -0.39 is 0 Å². The highest BCUT2D eigenvalue weighted by atomic mass is 16.3. The van der Waals surface area contributed by atoms with Gasteiger partial charge in [-0.15, -0.1) is 0 Å². The minimum atomic E-state index is -0.259. The number of aliphatic hydroxyl groups is 2. The molecule has 0 aliphatic heterocycles. The molecule has 2 rings (SSSR count). The molecule has 0 heterocycles. The van der Waals surface area contributed by atoms with Crippen molar-refractivity contribution in [3.8, 4) is 0 Å². The molecule has 0 aromatic heterocycles. The Labute approximate surface area is 80.0 Å². The van der Waals surface area contributed by atoms with Gasteiger partial charge in [0.15, 0.2) is 0 Å². The van der Waals surface area contributed by atoms with E-state index in [1.165, 1.54) is 12.8 Å². The van der Waals surface area contributed by atoms with Crippen LogP contribution in [0.1, 0.15) is 39.0 Å². The fourth-order valence-electron chi connectivity index (χ4n) is 3.18. The second-order valence-corrected chi connectivity index (χ2v) is 4.88. The first kappa shape index (κ1) is 9.47. The number of rotatable bonds is 0. The summed E-state index contributed by atoms with van der Waals surface area (Å²) >= 11 is 0. The van der Waals surface area contributed by atoms with Crippen LogP contribution in [-0.2, 0) is 0 Å². The minimum Gasteiger partial charge on any atom is -0.393 e. The van der Waals surface area contributed by atoms with Gasteiger partial charge in [-0.1, -0.05) is 13.3 Å². The average Bonchev–Trinajstić information content (AvgIpc) is 2.39. The third-order valence-electron chi connectivity index (χ3n) is 4.03. The van der Waals surface area contributed by atoms with Crippen molar-refractivity contribution in [3.05, 3.63) is 0 Å². The van der Waals surface area contributed by atoms with Crippen LogP contribution in [0.2, 0.25) is 0 Å². The van der Waals surface area contributed by atoms with Crippen LogP contribution < -0.4 is 0 Å². The first-order valence-electron chi connectivity index (χ1n) is 5.56. The largest absolute Gasteiger partial charge is 0.393 e. The van der Waals surface area contributed by atoms with Gasteiger partial charge in [0.1, 0.15) is 0 Å². The molecule has 0 aromatic carbocycles. The maximum absolute atomic E-state index is 10.0. The normalized spacial score (nSPS) is 51.5. The van der Waals surface area contributed by atoms with E-state index in [0.717, 1.165) is 19.3 Å². The van der Waals surface area contributed by atoms with Gasteiger partial charge < -0.3 is 10.2 Å². The molecule has 2 heteroatoms. The van der Waals surface area contributed by atoms with Crippen LogP contribution >= 0.6 is 0 Å². The van der Waals surface area contributed by atoms with Crippen molar-refractivity contribution >= 4 is 0 Å². The maximum atomic E-state index is 10.0. The average molecular weight is 184 g/mol. The predicted octanol–water partition coefficient (Wildman–Crippen LogP) is 1.55. The zero-order chi connectivity index (χ0) is 9.42. The van der Waals surface area contributed by atoms with E-state index in [1.54, 1.807) is 0 Å². The standard InChI is InChI=1S/C11H20O2/c1-7-3-2-4-8-5-6-9(12)10(8)11(7)13/h7-13H,2-6H2,1H3. The highest BCUT2D eigenvalue weighted by Gasteiger charge is 2.42. The lowest BCUT2D eigenvalue weighted by atomic mass is 9.85. The number of hydrogen-bond donors (Lipinski definition) is 2. The van der Waals surface area contributed by atoms with Crippen molar-refractivity contribution in [2.75, 3.05) is 0 Å². The van der Waals surface area contributed by atoms with Gasteiger partial charge in [0.2, 0.25) is 0 Å². The Hall–Kier alpha value is -0.0800. The maximum Gasteiger partial charge on any atom is 0.0621 e. The van der Waals surface area contributed by atoms with Crippen LogP contribution in [0.15, 0.2) is 0 Å². The lowest BCUT2D eigenvalue weighted by molar-refractivity contribution is -0.00952. The second kappa shape index (κ2) is 3.58. The monoisotopic (exact) mass is 184 g/mol. The minimum absolute atomic E-state index is 0.178. The topological polar surface area (TPSA) is 40.5 Å². The van der Waals surface area contributed by atoms with Gasteiger partial charge in [-0.25, -0.2) is 0 Å². The Morgan fingerprint density at radius 2 is 1.77 bits per heavy atom. The summed E-state index contributed by atoms with van der Waals surface area (Å²) in [5.41, 5.74) is 0. The van der Waals surface area contributed by atoms with Gasteiger partial charge in [-0.05, 0) is 37.5 Å². The fourth-order valence-corrected chi connectivity index (χ4v) is 3.18. The van der Waals surface area contributed by atoms with E-state index in [0.29, 0.717) is 11.8 Å². The second-order valence-electron chi connectivity index (χ2n) is 4.88. The van der Waals surface area contributed by atoms with Gasteiger partial charge in [-0.3, -0.25) is 0 Å². The van der Waals surface area contributed by atoms with Crippen molar-refractivity contribution in [2.45, 2.75) is 51.2 Å². The smallest absolute Gasteiger partial charge is 0.0621 e. The van der Waals surface area contributed by atoms with E-state index in [1.807, 2.05) is 0 Å². The highest BCUT2D eigenvalue weighted by molar-refractivity contribution is 4.92. The SMILES string of the molecule is CC1CCCC2CCC(O)C2C1O. The number of hydrogen-bond acceptors (Lipinski definition) is 2. The zero-order valence-corrected chi connectivity index (χ0v) is 8.32. The lowest BCUT2D eigenvalue weighted by Gasteiger charge is -2.27. The first-order valence-corrected chi connectivity index (χ1v) is 5.56. The van der Waals surface area contributed by atoms with Gasteiger partial charge in [-0.2, -0.15) is 0 Å². The summed E-state index contributed by atoms with van der Waals surface area (Å²) in [6.45, 7) is 2.11. The van der Waals surface area contributed by atoms with E-state index in [4.69, 9.17) is 0 Å². The van der Waals surface area contributed by atoms with Crippen molar-refractivity contribution in [3.63, 3.8) is 0 Å². The molecule has 5 atom stereocenters. The first-order chi connectivity index (χ1) is 6.20. The van der Waals surface area contributed by atoms with Crippen LogP contribution in [0.25, 0.3) is 0 Å². The van der Waals surface area contributed by atoms with Gasteiger partial charge >= 0.3 is 0 Å². The molecule has 76 valence electrons. The van der Waals surface area contributed by atoms with Crippen molar-refractivity contribution in [1.29, 1.82) is 0 Å². The van der Waals surface area contributed by atoms with Crippen LogP contribution in [0.5, 0.6) is 0 Å². The van der Waals surface area contributed by atoms with E-state index in [-0.39, 0.29) is 18.1 Å². The summed E-state index contributed by atoms with van der Waals surface area (Å²) in [7, 11) is 0. The van der Waals surface area contributed by atoms with Crippen molar-refractivity contribution in [2.24, 2.45) is 17.8 Å². The van der Waals surface area contributed by atoms with E-state index in [2.05, 4.69) is 6.92 Å². The molecular weight excluding hydrogens is 164 g/mol. The zero-order valence-electron chi connectivity index (χ0n) is 8.32. The Morgan fingerprint density at radius 3 is 2.54 bits per heavy atom. The molecular formula is C11H20O2. The molecule has 0 amide bonds. The molecule has 2 nitrogen and oxygen atoms in total. The van der Waals surface area contributed by atoms with E-state index in [9.17, 15) is 10.2 Å². The Balaban J connectivity index is 2.13. The molecule has 2 N–H and O–H groups in total. The molecule has 0 saturated heterocycles. The molecule has 0 spiro atoms. The van der Waals surface area contributed by atoms with Crippen LogP contribution in [0, 0.1) is 17.8 Å². The summed E-state index contributed by atoms with van der Waals surface area (Å²) in [5.74, 6) is 1.15. The quantitative estimate of drug-likeness (QED) is 0.599. The molecule has 5 unspecified atom stereocenters. The number of fused-ring (bicyclic) bond motifs is 1. The van der Waals surface area contributed by atoms with Crippen molar-refractivity contribution < 1.29 is 10.2 Å². The summed E-state index contributed by atoms with van der Waals surface area (Å²) < 4.78 is 0. The summed E-state index contributed by atoms with van der Waals surface area (Å²) in [5, 5.41) is 19.8. The number of aliphatic hydroxyl groups excluding tert-OH is 2. The fraction of sp³-hybridized carbons (Fsp3) is 1.00. The van der Waals surface area contributed by atoms with Crippen LogP contribution in [0.4, 0.5) is 0 Å². The van der Waals surface area contributed by atoms with Gasteiger partial charge in [0.05, 0.1) is 12.2 Å². The third kappa shape index (κ3) is 1.62. The summed E-state index contributed by atoms with van der Waals surface area (Å²) in [6, 6.07) is 0. The van der Waals surface area contributed by atoms with Gasteiger partial charge in [0.25, 0.3) is 0 Å². The summed E-state index contributed by atoms with van der Waals surface area (Å²) in [6.07, 6.45) is 5.09. The molecule has 2 saturated carbocycles. The van der Waals surface area contributed by atoms with Crippen LogP contribution in [0.3, 0.4) is 0 Å².